The van der Waals surface area contributed by atoms with Gasteiger partial charge < -0.3 is 16.2 Å². The minimum Gasteiger partial charge on any atom is -0.390 e. The van der Waals surface area contributed by atoms with Gasteiger partial charge in [0.2, 0.25) is 5.91 Å². The Morgan fingerprint density at radius 3 is 2.70 bits per heavy atom. The molecule has 0 bridgehead atoms. The van der Waals surface area contributed by atoms with Crippen LogP contribution in [-0.4, -0.2) is 35.8 Å². The molecular formula is C21H31N3O3. The van der Waals surface area contributed by atoms with Crippen molar-refractivity contribution in [3.8, 4) is 0 Å². The van der Waals surface area contributed by atoms with E-state index in [2.05, 4.69) is 5.32 Å². The lowest BCUT2D eigenvalue weighted by Gasteiger charge is -2.25. The first-order valence-corrected chi connectivity index (χ1v) is 9.40. The molecule has 0 aliphatic heterocycles. The van der Waals surface area contributed by atoms with Gasteiger partial charge in [0.05, 0.1) is 18.2 Å². The van der Waals surface area contributed by atoms with Crippen molar-refractivity contribution in [2.75, 3.05) is 6.54 Å². The molecule has 0 fully saturated rings. The van der Waals surface area contributed by atoms with Crippen LogP contribution in [0.4, 0.5) is 0 Å². The number of carbonyl (C=O) groups is 1. The number of rotatable bonds is 9. The van der Waals surface area contributed by atoms with E-state index in [4.69, 9.17) is 16.5 Å². The lowest BCUT2D eigenvalue weighted by molar-refractivity contribution is -0.127. The highest BCUT2D eigenvalue weighted by atomic mass is 16.6. The summed E-state index contributed by atoms with van der Waals surface area (Å²) in [6.45, 7) is 4.15. The topological polar surface area (TPSA) is 111 Å². The fourth-order valence-electron chi connectivity index (χ4n) is 3.60. The van der Waals surface area contributed by atoms with Crippen molar-refractivity contribution in [1.29, 1.82) is 0 Å². The predicted octanol–water partition coefficient (Wildman–Crippen LogP) is 1.60. The van der Waals surface area contributed by atoms with Gasteiger partial charge in [-0.3, -0.25) is 9.63 Å². The van der Waals surface area contributed by atoms with Crippen molar-refractivity contribution in [3.05, 3.63) is 59.2 Å². The van der Waals surface area contributed by atoms with E-state index in [0.717, 1.165) is 16.7 Å². The van der Waals surface area contributed by atoms with E-state index in [9.17, 15) is 9.90 Å². The lowest BCUT2D eigenvalue weighted by atomic mass is 9.92. The van der Waals surface area contributed by atoms with Crippen LogP contribution in [0, 0.1) is 5.92 Å². The summed E-state index contributed by atoms with van der Waals surface area (Å²) in [6, 6.07) is 9.40. The summed E-state index contributed by atoms with van der Waals surface area (Å²) < 4.78 is 0. The molecule has 6 N–H and O–H groups in total. The first-order chi connectivity index (χ1) is 13.0. The molecule has 1 aliphatic rings. The number of aliphatic hydroxyl groups is 1. The second kappa shape index (κ2) is 10.4. The van der Waals surface area contributed by atoms with Crippen LogP contribution in [0.1, 0.15) is 32.3 Å². The van der Waals surface area contributed by atoms with Crippen molar-refractivity contribution in [2.24, 2.45) is 17.5 Å². The lowest BCUT2D eigenvalue weighted by Crippen LogP contribution is -2.46. The van der Waals surface area contributed by atoms with Crippen LogP contribution in [-0.2, 0) is 16.1 Å². The molecule has 148 valence electrons. The SMILES string of the molecule is C/C=C\C1=C(C)C[C@@H](O)[C@H]1NC(=O)[C@H](Cc1ccccc1)C[C@@H](CN)ON. The Morgan fingerprint density at radius 1 is 1.41 bits per heavy atom. The Morgan fingerprint density at radius 2 is 2.11 bits per heavy atom. The third kappa shape index (κ3) is 5.74. The fourth-order valence-corrected chi connectivity index (χ4v) is 3.60. The summed E-state index contributed by atoms with van der Waals surface area (Å²) in [7, 11) is 0. The van der Waals surface area contributed by atoms with Gasteiger partial charge in [-0.25, -0.2) is 5.90 Å². The number of carbonyl (C=O) groups excluding carboxylic acids is 1. The number of aliphatic hydroxyl groups excluding tert-OH is 1. The first-order valence-electron chi connectivity index (χ1n) is 9.40. The van der Waals surface area contributed by atoms with Crippen LogP contribution in [0.25, 0.3) is 0 Å². The fraction of sp³-hybridized carbons (Fsp3) is 0.476. The van der Waals surface area contributed by atoms with Gasteiger partial charge in [0.1, 0.15) is 0 Å². The molecule has 0 spiro atoms. The zero-order chi connectivity index (χ0) is 19.8. The normalized spacial score (nSPS) is 22.3. The number of allylic oxidation sites excluding steroid dienone is 1. The van der Waals surface area contributed by atoms with Gasteiger partial charge in [-0.15, -0.1) is 0 Å². The van der Waals surface area contributed by atoms with Crippen LogP contribution in [0.2, 0.25) is 0 Å². The van der Waals surface area contributed by atoms with Gasteiger partial charge in [-0.2, -0.15) is 0 Å². The second-order valence-corrected chi connectivity index (χ2v) is 7.11. The molecule has 6 heteroatoms. The van der Waals surface area contributed by atoms with Gasteiger partial charge in [-0.1, -0.05) is 48.1 Å². The highest BCUT2D eigenvalue weighted by molar-refractivity contribution is 5.80. The average Bonchev–Trinajstić information content (AvgIpc) is 2.93. The molecule has 1 amide bonds. The maximum Gasteiger partial charge on any atom is 0.224 e. The van der Waals surface area contributed by atoms with Gasteiger partial charge in [-0.05, 0) is 44.2 Å². The second-order valence-electron chi connectivity index (χ2n) is 7.11. The molecule has 4 atom stereocenters. The summed E-state index contributed by atoms with van der Waals surface area (Å²) in [4.78, 5) is 18.0. The number of benzene rings is 1. The maximum atomic E-state index is 13.1. The summed E-state index contributed by atoms with van der Waals surface area (Å²) in [5.41, 5.74) is 8.82. The van der Waals surface area contributed by atoms with Crippen LogP contribution in [0.15, 0.2) is 53.6 Å². The zero-order valence-electron chi connectivity index (χ0n) is 16.1. The summed E-state index contributed by atoms with van der Waals surface area (Å²) in [5.74, 6) is 4.84. The van der Waals surface area contributed by atoms with Crippen molar-refractivity contribution in [3.63, 3.8) is 0 Å². The van der Waals surface area contributed by atoms with Crippen LogP contribution >= 0.6 is 0 Å². The number of nitrogens with one attached hydrogen (secondary N) is 1. The van der Waals surface area contributed by atoms with Crippen molar-refractivity contribution >= 4 is 5.91 Å². The van der Waals surface area contributed by atoms with Gasteiger partial charge in [0.25, 0.3) is 0 Å². The number of hydrogen-bond donors (Lipinski definition) is 4. The van der Waals surface area contributed by atoms with E-state index in [0.29, 0.717) is 19.3 Å². The summed E-state index contributed by atoms with van der Waals surface area (Å²) in [6.07, 6.45) is 4.39. The minimum absolute atomic E-state index is 0.130. The number of nitrogens with two attached hydrogens (primary N) is 2. The summed E-state index contributed by atoms with van der Waals surface area (Å²) >= 11 is 0. The van der Waals surface area contributed by atoms with Crippen molar-refractivity contribution < 1.29 is 14.7 Å². The first kappa shape index (κ1) is 21.3. The van der Waals surface area contributed by atoms with E-state index in [1.165, 1.54) is 0 Å². The molecule has 0 saturated carbocycles. The third-order valence-electron chi connectivity index (χ3n) is 5.07. The van der Waals surface area contributed by atoms with Gasteiger partial charge >= 0.3 is 0 Å². The Hall–Kier alpha value is -1.99. The summed E-state index contributed by atoms with van der Waals surface area (Å²) in [5, 5.41) is 13.4. The van der Waals surface area contributed by atoms with Crippen molar-refractivity contribution in [2.45, 2.75) is 51.4 Å². The van der Waals surface area contributed by atoms with Crippen LogP contribution < -0.4 is 16.9 Å². The Labute approximate surface area is 161 Å². The molecule has 27 heavy (non-hydrogen) atoms. The standard InChI is InChI=1S/C21H31N3O3/c1-3-7-18-14(2)10-19(25)20(18)24-21(26)16(12-17(13-22)27-23)11-15-8-5-4-6-9-15/h3-9,16-17,19-20,25H,10-13,22-23H2,1-2H3,(H,24,26)/b7-3-/t16-,17+,19-,20+/m1/s1. The van der Waals surface area contributed by atoms with E-state index < -0.39 is 18.2 Å². The Balaban J connectivity index is 2.17. The largest absolute Gasteiger partial charge is 0.390 e. The molecule has 0 radical (unpaired) electrons. The molecule has 1 aliphatic carbocycles. The molecule has 1 aromatic carbocycles. The molecule has 6 nitrogen and oxygen atoms in total. The molecule has 0 unspecified atom stereocenters. The smallest absolute Gasteiger partial charge is 0.224 e. The molecule has 2 rings (SSSR count). The van der Waals surface area contributed by atoms with Crippen molar-refractivity contribution in [1.82, 2.24) is 5.32 Å². The molecular weight excluding hydrogens is 342 g/mol. The Kier molecular flexibility index (Phi) is 8.19. The molecule has 0 aromatic heterocycles. The average molecular weight is 373 g/mol. The maximum absolute atomic E-state index is 13.1. The van der Waals surface area contributed by atoms with E-state index in [1.54, 1.807) is 0 Å². The van der Waals surface area contributed by atoms with E-state index in [-0.39, 0.29) is 18.4 Å². The monoisotopic (exact) mass is 373 g/mol. The van der Waals surface area contributed by atoms with E-state index >= 15 is 0 Å². The zero-order valence-corrected chi connectivity index (χ0v) is 16.1. The minimum atomic E-state index is -0.617. The van der Waals surface area contributed by atoms with E-state index in [1.807, 2.05) is 56.3 Å². The highest BCUT2D eigenvalue weighted by Crippen LogP contribution is 2.28. The Bertz CT molecular complexity index is 669. The number of hydrogen-bond acceptors (Lipinski definition) is 5. The number of amides is 1. The van der Waals surface area contributed by atoms with Crippen LogP contribution in [0.5, 0.6) is 0 Å². The quantitative estimate of drug-likeness (QED) is 0.491. The molecule has 0 saturated heterocycles. The third-order valence-corrected chi connectivity index (χ3v) is 5.07. The van der Waals surface area contributed by atoms with Gasteiger partial charge in [0, 0.05) is 12.5 Å². The van der Waals surface area contributed by atoms with Crippen LogP contribution in [0.3, 0.4) is 0 Å². The predicted molar refractivity (Wildman–Crippen MR) is 106 cm³/mol. The van der Waals surface area contributed by atoms with Gasteiger partial charge in [0.15, 0.2) is 0 Å². The highest BCUT2D eigenvalue weighted by Gasteiger charge is 2.33. The molecule has 1 aromatic rings. The molecule has 0 heterocycles.